The van der Waals surface area contributed by atoms with Crippen molar-refractivity contribution in [2.24, 2.45) is 5.41 Å². The molecule has 3 unspecified atom stereocenters. The number of morpholine rings is 1. The van der Waals surface area contributed by atoms with E-state index >= 15 is 0 Å². The van der Waals surface area contributed by atoms with Crippen molar-refractivity contribution in [3.8, 4) is 0 Å². The van der Waals surface area contributed by atoms with E-state index < -0.39 is 20.9 Å². The van der Waals surface area contributed by atoms with Crippen LogP contribution in [0.3, 0.4) is 0 Å². The second-order valence-corrected chi connectivity index (χ2v) is 11.3. The minimum atomic E-state index is -1.29. The highest BCUT2D eigenvalue weighted by Gasteiger charge is 2.44. The topological polar surface area (TPSA) is 57.2 Å². The number of ether oxygens (including phenoxy) is 3. The zero-order valence-electron chi connectivity index (χ0n) is 17.4. The summed E-state index contributed by atoms with van der Waals surface area (Å²) in [5.41, 5.74) is -0.671. The summed E-state index contributed by atoms with van der Waals surface area (Å²) in [4.78, 5) is 14.6. The van der Waals surface area contributed by atoms with Crippen molar-refractivity contribution in [2.75, 3.05) is 19.8 Å². The Morgan fingerprint density at radius 2 is 1.84 bits per heavy atom. The van der Waals surface area contributed by atoms with Crippen LogP contribution in [0.2, 0.25) is 13.1 Å². The zero-order valence-corrected chi connectivity index (χ0v) is 18.6. The molecule has 1 heterocycles. The largest absolute Gasteiger partial charge is 0.444 e. The summed E-state index contributed by atoms with van der Waals surface area (Å²) in [7, 11) is -1.29. The van der Waals surface area contributed by atoms with Crippen molar-refractivity contribution in [1.29, 1.82) is 0 Å². The van der Waals surface area contributed by atoms with Gasteiger partial charge < -0.3 is 18.6 Å². The van der Waals surface area contributed by atoms with Crippen LogP contribution in [0.25, 0.3) is 0 Å². The van der Waals surface area contributed by atoms with E-state index in [4.69, 9.17) is 18.6 Å². The molecule has 1 saturated heterocycles. The SMILES string of the molecule is CCOC1CN(C(=O)OC(C)(C)C)C(C(O[SiH](C)C)C(C)(C)C)CO1. The maximum absolute atomic E-state index is 12.8. The first-order chi connectivity index (χ1) is 11.3. The van der Waals surface area contributed by atoms with E-state index in [1.165, 1.54) is 0 Å². The van der Waals surface area contributed by atoms with Gasteiger partial charge in [0.2, 0.25) is 0 Å². The number of amides is 1. The molecule has 1 rings (SSSR count). The van der Waals surface area contributed by atoms with Crippen molar-refractivity contribution in [3.63, 3.8) is 0 Å². The van der Waals surface area contributed by atoms with E-state index in [9.17, 15) is 4.79 Å². The molecule has 148 valence electrons. The predicted molar refractivity (Wildman–Crippen MR) is 101 cm³/mol. The number of hydrogen-bond acceptors (Lipinski definition) is 5. The van der Waals surface area contributed by atoms with Crippen LogP contribution in [0.5, 0.6) is 0 Å². The van der Waals surface area contributed by atoms with Crippen LogP contribution in [0.15, 0.2) is 0 Å². The Balaban J connectivity index is 3.07. The van der Waals surface area contributed by atoms with Crippen LogP contribution in [-0.2, 0) is 18.6 Å². The Morgan fingerprint density at radius 3 is 2.28 bits per heavy atom. The average molecular weight is 376 g/mol. The number of rotatable bonds is 5. The monoisotopic (exact) mass is 375 g/mol. The van der Waals surface area contributed by atoms with Crippen LogP contribution in [-0.4, -0.2) is 63.8 Å². The summed E-state index contributed by atoms with van der Waals surface area (Å²) in [6.07, 6.45) is -0.881. The molecule has 0 saturated carbocycles. The van der Waals surface area contributed by atoms with E-state index in [0.29, 0.717) is 19.8 Å². The van der Waals surface area contributed by atoms with Gasteiger partial charge in [0.05, 0.1) is 25.3 Å². The summed E-state index contributed by atoms with van der Waals surface area (Å²) in [5.74, 6) is 0. The normalized spacial score (nSPS) is 23.7. The third kappa shape index (κ3) is 7.25. The summed E-state index contributed by atoms with van der Waals surface area (Å²) in [6.45, 7) is 19.5. The molecule has 0 aromatic carbocycles. The van der Waals surface area contributed by atoms with Crippen molar-refractivity contribution < 1.29 is 23.4 Å². The lowest BCUT2D eigenvalue weighted by atomic mass is 9.84. The standard InChI is InChI=1S/C18H37NO5Si/c1-10-21-14-11-19(16(20)23-18(5,6)7)13(12-22-14)15(17(2,3)4)24-25(8)9/h13-15,25H,10-12H2,1-9H3. The Kier molecular flexibility index (Phi) is 7.92. The van der Waals surface area contributed by atoms with Crippen molar-refractivity contribution in [2.45, 2.75) is 85.6 Å². The summed E-state index contributed by atoms with van der Waals surface area (Å²) >= 11 is 0. The molecule has 3 atom stereocenters. The predicted octanol–water partition coefficient (Wildman–Crippen LogP) is 3.40. The molecular formula is C18H37NO5Si. The summed E-state index contributed by atoms with van der Waals surface area (Å²) in [5, 5.41) is 0. The lowest BCUT2D eigenvalue weighted by Crippen LogP contribution is -2.61. The van der Waals surface area contributed by atoms with Crippen molar-refractivity contribution in [1.82, 2.24) is 4.90 Å². The quantitative estimate of drug-likeness (QED) is 0.689. The Morgan fingerprint density at radius 1 is 1.24 bits per heavy atom. The molecule has 1 amide bonds. The molecule has 1 aliphatic heterocycles. The summed E-state index contributed by atoms with van der Waals surface area (Å²) < 4.78 is 23.4. The van der Waals surface area contributed by atoms with E-state index in [1.54, 1.807) is 4.90 Å². The average Bonchev–Trinajstić information content (AvgIpc) is 2.42. The van der Waals surface area contributed by atoms with Crippen LogP contribution >= 0.6 is 0 Å². The van der Waals surface area contributed by atoms with Gasteiger partial charge in [0.15, 0.2) is 15.3 Å². The fourth-order valence-corrected chi connectivity index (χ4v) is 4.05. The van der Waals surface area contributed by atoms with E-state index in [2.05, 4.69) is 33.9 Å². The molecule has 7 heteroatoms. The van der Waals surface area contributed by atoms with Crippen LogP contribution in [0, 0.1) is 5.41 Å². The van der Waals surface area contributed by atoms with Gasteiger partial charge in [-0.15, -0.1) is 0 Å². The van der Waals surface area contributed by atoms with Gasteiger partial charge in [0.1, 0.15) is 5.60 Å². The van der Waals surface area contributed by atoms with E-state index in [0.717, 1.165) is 0 Å². The first kappa shape index (κ1) is 22.4. The second-order valence-electron chi connectivity index (χ2n) is 8.89. The van der Waals surface area contributed by atoms with Gasteiger partial charge in [-0.2, -0.15) is 0 Å². The molecule has 1 aliphatic rings. The highest BCUT2D eigenvalue weighted by molar-refractivity contribution is 6.48. The molecule has 25 heavy (non-hydrogen) atoms. The zero-order chi connectivity index (χ0) is 19.4. The van der Waals surface area contributed by atoms with E-state index in [-0.39, 0.29) is 23.7 Å². The van der Waals surface area contributed by atoms with Gasteiger partial charge in [0, 0.05) is 6.61 Å². The minimum absolute atomic E-state index is 0.116. The lowest BCUT2D eigenvalue weighted by molar-refractivity contribution is -0.203. The third-order valence-electron chi connectivity index (χ3n) is 3.80. The fourth-order valence-electron chi connectivity index (χ4n) is 2.88. The molecule has 0 aliphatic carbocycles. The molecule has 0 aromatic heterocycles. The Bertz CT molecular complexity index is 430. The molecule has 0 spiro atoms. The molecule has 0 radical (unpaired) electrons. The maximum Gasteiger partial charge on any atom is 0.410 e. The molecule has 0 N–H and O–H groups in total. The van der Waals surface area contributed by atoms with Crippen LogP contribution < -0.4 is 0 Å². The van der Waals surface area contributed by atoms with Crippen LogP contribution in [0.4, 0.5) is 4.79 Å². The highest BCUT2D eigenvalue weighted by atomic mass is 28.3. The third-order valence-corrected chi connectivity index (χ3v) is 4.64. The number of hydrogen-bond donors (Lipinski definition) is 0. The molecule has 1 fully saturated rings. The van der Waals surface area contributed by atoms with E-state index in [1.807, 2.05) is 27.7 Å². The Labute approximate surface area is 154 Å². The fraction of sp³-hybridized carbons (Fsp3) is 0.944. The van der Waals surface area contributed by atoms with Crippen molar-refractivity contribution >= 4 is 15.1 Å². The van der Waals surface area contributed by atoms with Gasteiger partial charge in [-0.3, -0.25) is 4.90 Å². The van der Waals surface area contributed by atoms with Gasteiger partial charge in [-0.1, -0.05) is 20.8 Å². The smallest absolute Gasteiger partial charge is 0.410 e. The summed E-state index contributed by atoms with van der Waals surface area (Å²) in [6, 6.07) is -0.193. The van der Waals surface area contributed by atoms with Gasteiger partial charge >= 0.3 is 6.09 Å². The highest BCUT2D eigenvalue weighted by Crippen LogP contribution is 2.31. The molecule has 6 nitrogen and oxygen atoms in total. The Hall–Kier alpha value is -0.633. The number of carbonyl (C=O) groups excluding carboxylic acids is 1. The first-order valence-electron chi connectivity index (χ1n) is 9.23. The van der Waals surface area contributed by atoms with Crippen LogP contribution in [0.1, 0.15) is 48.5 Å². The van der Waals surface area contributed by atoms with Crippen molar-refractivity contribution in [3.05, 3.63) is 0 Å². The first-order valence-corrected chi connectivity index (χ1v) is 12.0. The van der Waals surface area contributed by atoms with Gasteiger partial charge in [-0.05, 0) is 46.2 Å². The number of nitrogens with zero attached hydrogens (tertiary/aromatic N) is 1. The second kappa shape index (κ2) is 8.84. The maximum atomic E-state index is 12.8. The molecule has 0 aromatic rings. The van der Waals surface area contributed by atoms with Gasteiger partial charge in [-0.25, -0.2) is 4.79 Å². The number of carbonyl (C=O) groups is 1. The minimum Gasteiger partial charge on any atom is -0.444 e. The van der Waals surface area contributed by atoms with Gasteiger partial charge in [0.25, 0.3) is 0 Å². The molecular weight excluding hydrogens is 338 g/mol. The molecule has 0 bridgehead atoms. The lowest BCUT2D eigenvalue weighted by Gasteiger charge is -2.47.